The van der Waals surface area contributed by atoms with Crippen LogP contribution < -0.4 is 10.6 Å². The van der Waals surface area contributed by atoms with Gasteiger partial charge < -0.3 is 10.6 Å². The van der Waals surface area contributed by atoms with Gasteiger partial charge in [0.2, 0.25) is 11.8 Å². The fourth-order valence-electron chi connectivity index (χ4n) is 3.16. The first kappa shape index (κ1) is 16.4. The number of benzene rings is 1. The Balaban J connectivity index is 1.37. The van der Waals surface area contributed by atoms with E-state index in [1.807, 2.05) is 30.3 Å². The molecule has 2 aliphatic rings. The van der Waals surface area contributed by atoms with Crippen molar-refractivity contribution in [3.63, 3.8) is 0 Å². The maximum atomic E-state index is 12.2. The molecule has 2 saturated carbocycles. The molecule has 2 atom stereocenters. The van der Waals surface area contributed by atoms with E-state index in [1.54, 1.807) is 11.8 Å². The molecule has 5 heteroatoms. The van der Waals surface area contributed by atoms with Crippen LogP contribution in [0.1, 0.15) is 38.5 Å². The van der Waals surface area contributed by atoms with Crippen LogP contribution in [-0.4, -0.2) is 29.7 Å². The van der Waals surface area contributed by atoms with E-state index in [1.165, 1.54) is 6.42 Å². The molecule has 1 aromatic carbocycles. The van der Waals surface area contributed by atoms with Gasteiger partial charge in [-0.25, -0.2) is 0 Å². The minimum atomic E-state index is 0.0592. The second-order valence-electron chi connectivity index (χ2n) is 6.51. The third-order valence-electron chi connectivity index (χ3n) is 4.73. The molecule has 2 aliphatic carbocycles. The lowest BCUT2D eigenvalue weighted by molar-refractivity contribution is -0.126. The lowest BCUT2D eigenvalue weighted by Crippen LogP contribution is -2.42. The molecular weight excluding hydrogens is 308 g/mol. The number of thioether (sulfide) groups is 1. The van der Waals surface area contributed by atoms with Crippen molar-refractivity contribution in [2.45, 2.75) is 55.5 Å². The smallest absolute Gasteiger partial charge is 0.230 e. The maximum absolute atomic E-state index is 12.2. The Labute approximate surface area is 141 Å². The van der Waals surface area contributed by atoms with E-state index in [9.17, 15) is 9.59 Å². The molecule has 124 valence electrons. The Hall–Kier alpha value is -1.49. The normalized spacial score (nSPS) is 24.0. The van der Waals surface area contributed by atoms with Gasteiger partial charge in [-0.1, -0.05) is 18.2 Å². The van der Waals surface area contributed by atoms with Gasteiger partial charge in [-0.2, -0.15) is 0 Å². The van der Waals surface area contributed by atoms with Crippen molar-refractivity contribution in [1.82, 2.24) is 10.6 Å². The molecule has 0 radical (unpaired) electrons. The Bertz CT molecular complexity index is 545. The van der Waals surface area contributed by atoms with Crippen molar-refractivity contribution in [3.8, 4) is 0 Å². The highest BCUT2D eigenvalue weighted by Gasteiger charge is 2.32. The highest BCUT2D eigenvalue weighted by Crippen LogP contribution is 2.27. The highest BCUT2D eigenvalue weighted by atomic mass is 32.2. The first-order chi connectivity index (χ1) is 11.2. The number of carbonyl (C=O) groups is 2. The third kappa shape index (κ3) is 4.74. The van der Waals surface area contributed by atoms with E-state index in [-0.39, 0.29) is 23.8 Å². The number of hydrogen-bond donors (Lipinski definition) is 2. The average Bonchev–Trinajstić information content (AvgIpc) is 2.98. The zero-order valence-electron chi connectivity index (χ0n) is 13.3. The van der Waals surface area contributed by atoms with E-state index >= 15 is 0 Å². The first-order valence-corrected chi connectivity index (χ1v) is 9.47. The van der Waals surface area contributed by atoms with Gasteiger partial charge in [-0.3, -0.25) is 9.59 Å². The summed E-state index contributed by atoms with van der Waals surface area (Å²) in [4.78, 5) is 25.3. The van der Waals surface area contributed by atoms with Gasteiger partial charge in [0.1, 0.15) is 0 Å². The summed E-state index contributed by atoms with van der Waals surface area (Å²) in [7, 11) is 0. The van der Waals surface area contributed by atoms with Gasteiger partial charge in [0.15, 0.2) is 0 Å². The Morgan fingerprint density at radius 2 is 1.78 bits per heavy atom. The number of hydrogen-bond acceptors (Lipinski definition) is 3. The van der Waals surface area contributed by atoms with Crippen molar-refractivity contribution in [2.24, 2.45) is 5.92 Å². The first-order valence-electron chi connectivity index (χ1n) is 8.48. The molecule has 0 bridgehead atoms. The molecule has 0 aliphatic heterocycles. The number of amides is 2. The van der Waals surface area contributed by atoms with Gasteiger partial charge in [-0.15, -0.1) is 11.8 Å². The highest BCUT2D eigenvalue weighted by molar-refractivity contribution is 8.00. The summed E-state index contributed by atoms with van der Waals surface area (Å²) in [5.74, 6) is 0.746. The van der Waals surface area contributed by atoms with Gasteiger partial charge in [-0.05, 0) is 50.7 Å². The summed E-state index contributed by atoms with van der Waals surface area (Å²) < 4.78 is 0. The van der Waals surface area contributed by atoms with Gasteiger partial charge in [0, 0.05) is 22.9 Å². The standard InChI is InChI=1S/C18H24N2O2S/c21-17(12-23-16-7-2-1-3-8-16)19-15-10-9-13(11-15)18(22)20-14-5-4-6-14/h1-3,7-8,13-15H,4-6,9-12H2,(H,19,21)(H,20,22)/t13-,15+/m1/s1. The summed E-state index contributed by atoms with van der Waals surface area (Å²) >= 11 is 1.55. The van der Waals surface area contributed by atoms with E-state index in [2.05, 4.69) is 10.6 Å². The van der Waals surface area contributed by atoms with Crippen LogP contribution >= 0.6 is 11.8 Å². The van der Waals surface area contributed by atoms with Crippen LogP contribution in [0.25, 0.3) is 0 Å². The SMILES string of the molecule is O=C(CSc1ccccc1)N[C@H]1CC[C@@H](C(=O)NC2CCC2)C1. The van der Waals surface area contributed by atoms with Crippen LogP contribution in [-0.2, 0) is 9.59 Å². The van der Waals surface area contributed by atoms with Crippen LogP contribution in [0.4, 0.5) is 0 Å². The lowest BCUT2D eigenvalue weighted by Gasteiger charge is -2.27. The fraction of sp³-hybridized carbons (Fsp3) is 0.556. The van der Waals surface area contributed by atoms with Crippen molar-refractivity contribution >= 4 is 23.6 Å². The van der Waals surface area contributed by atoms with Crippen molar-refractivity contribution in [2.75, 3.05) is 5.75 Å². The molecular formula is C18H24N2O2S. The molecule has 2 N–H and O–H groups in total. The van der Waals surface area contributed by atoms with Gasteiger partial charge in [0.05, 0.1) is 5.75 Å². The predicted molar refractivity (Wildman–Crippen MR) is 92.2 cm³/mol. The Kier molecular flexibility index (Phi) is 5.60. The average molecular weight is 332 g/mol. The van der Waals surface area contributed by atoms with Gasteiger partial charge >= 0.3 is 0 Å². The zero-order valence-corrected chi connectivity index (χ0v) is 14.1. The van der Waals surface area contributed by atoms with E-state index < -0.39 is 0 Å². The van der Waals surface area contributed by atoms with Crippen LogP contribution in [0.2, 0.25) is 0 Å². The fourth-order valence-corrected chi connectivity index (χ4v) is 3.89. The minimum Gasteiger partial charge on any atom is -0.353 e. The van der Waals surface area contributed by atoms with Crippen LogP contribution in [0.3, 0.4) is 0 Å². The third-order valence-corrected chi connectivity index (χ3v) is 5.75. The zero-order chi connectivity index (χ0) is 16.1. The molecule has 0 saturated heterocycles. The predicted octanol–water partition coefficient (Wildman–Crippen LogP) is 2.73. The molecule has 1 aromatic rings. The van der Waals surface area contributed by atoms with Crippen molar-refractivity contribution < 1.29 is 9.59 Å². The minimum absolute atomic E-state index is 0.0592. The maximum Gasteiger partial charge on any atom is 0.230 e. The van der Waals surface area contributed by atoms with Crippen LogP contribution in [0, 0.1) is 5.92 Å². The molecule has 23 heavy (non-hydrogen) atoms. The second kappa shape index (κ2) is 7.86. The number of carbonyl (C=O) groups excluding carboxylic acids is 2. The monoisotopic (exact) mass is 332 g/mol. The second-order valence-corrected chi connectivity index (χ2v) is 7.56. The van der Waals surface area contributed by atoms with E-state index in [4.69, 9.17) is 0 Å². The quantitative estimate of drug-likeness (QED) is 0.788. The molecule has 0 unspecified atom stereocenters. The van der Waals surface area contributed by atoms with Crippen molar-refractivity contribution in [1.29, 1.82) is 0 Å². The Morgan fingerprint density at radius 1 is 1.00 bits per heavy atom. The largest absolute Gasteiger partial charge is 0.353 e. The van der Waals surface area contributed by atoms with Gasteiger partial charge in [0.25, 0.3) is 0 Å². The summed E-state index contributed by atoms with van der Waals surface area (Å²) in [5.41, 5.74) is 0. The van der Waals surface area contributed by atoms with Crippen molar-refractivity contribution in [3.05, 3.63) is 30.3 Å². The van der Waals surface area contributed by atoms with Crippen LogP contribution in [0.15, 0.2) is 35.2 Å². The summed E-state index contributed by atoms with van der Waals surface area (Å²) in [6.07, 6.45) is 6.04. The molecule has 0 heterocycles. The molecule has 0 aromatic heterocycles. The molecule has 4 nitrogen and oxygen atoms in total. The Morgan fingerprint density at radius 3 is 2.48 bits per heavy atom. The van der Waals surface area contributed by atoms with E-state index in [0.717, 1.165) is 37.0 Å². The summed E-state index contributed by atoms with van der Waals surface area (Å²) in [5, 5.41) is 6.20. The molecule has 2 amide bonds. The van der Waals surface area contributed by atoms with Crippen LogP contribution in [0.5, 0.6) is 0 Å². The molecule has 2 fully saturated rings. The summed E-state index contributed by atoms with van der Waals surface area (Å²) in [6.45, 7) is 0. The molecule has 0 spiro atoms. The molecule has 3 rings (SSSR count). The lowest BCUT2D eigenvalue weighted by atomic mass is 9.92. The summed E-state index contributed by atoms with van der Waals surface area (Å²) in [6, 6.07) is 10.5. The number of nitrogens with one attached hydrogen (secondary N) is 2. The van der Waals surface area contributed by atoms with E-state index in [0.29, 0.717) is 11.8 Å². The number of rotatable bonds is 6. The topological polar surface area (TPSA) is 58.2 Å².